The van der Waals surface area contributed by atoms with Crippen molar-refractivity contribution in [2.45, 2.75) is 40.3 Å². The molecule has 3 aromatic rings. The SMILES string of the molecule is Cc1cccc(-c2n[nH]c(=S)n2CC(=O)NC(C)c2cc(C)oc2C)c1. The first kappa shape index (κ1) is 18.1. The Hall–Kier alpha value is -2.67. The second kappa shape index (κ2) is 7.29. The lowest BCUT2D eigenvalue weighted by Gasteiger charge is -2.14. The van der Waals surface area contributed by atoms with E-state index in [0.29, 0.717) is 10.6 Å². The summed E-state index contributed by atoms with van der Waals surface area (Å²) < 4.78 is 7.67. The number of nitrogens with one attached hydrogen (secondary N) is 2. The molecule has 26 heavy (non-hydrogen) atoms. The average Bonchev–Trinajstić information content (AvgIpc) is 3.10. The zero-order chi connectivity index (χ0) is 18.8. The topological polar surface area (TPSA) is 75.8 Å². The van der Waals surface area contributed by atoms with E-state index in [1.165, 1.54) is 0 Å². The van der Waals surface area contributed by atoms with Crippen LogP contribution in [0.25, 0.3) is 11.4 Å². The van der Waals surface area contributed by atoms with Gasteiger partial charge in [-0.1, -0.05) is 23.8 Å². The minimum Gasteiger partial charge on any atom is -0.466 e. The fourth-order valence-electron chi connectivity index (χ4n) is 3.06. The minimum atomic E-state index is -0.150. The number of hydrogen-bond donors (Lipinski definition) is 2. The van der Waals surface area contributed by atoms with E-state index in [0.717, 1.165) is 28.2 Å². The number of carbonyl (C=O) groups is 1. The molecule has 0 aliphatic rings. The highest BCUT2D eigenvalue weighted by atomic mass is 32.1. The molecule has 136 valence electrons. The molecule has 0 saturated heterocycles. The van der Waals surface area contributed by atoms with Crippen LogP contribution < -0.4 is 5.32 Å². The standard InChI is InChI=1S/C19H22N4O2S/c1-11-6-5-7-15(8-11)18-21-22-19(26)23(18)10-17(24)20-13(3)16-9-12(2)25-14(16)4/h5-9,13H,10H2,1-4H3,(H,20,24)(H,22,26). The molecule has 0 radical (unpaired) electrons. The van der Waals surface area contributed by atoms with E-state index in [9.17, 15) is 4.79 Å². The highest BCUT2D eigenvalue weighted by molar-refractivity contribution is 7.71. The molecule has 0 aliphatic heterocycles. The third-order valence-corrected chi connectivity index (χ3v) is 4.57. The number of rotatable bonds is 5. The van der Waals surface area contributed by atoms with Crippen molar-refractivity contribution in [2.75, 3.05) is 0 Å². The van der Waals surface area contributed by atoms with E-state index in [-0.39, 0.29) is 18.5 Å². The van der Waals surface area contributed by atoms with Crippen molar-refractivity contribution in [3.05, 3.63) is 57.8 Å². The number of hydrogen-bond acceptors (Lipinski definition) is 4. The maximum Gasteiger partial charge on any atom is 0.240 e. The summed E-state index contributed by atoms with van der Waals surface area (Å²) in [7, 11) is 0. The summed E-state index contributed by atoms with van der Waals surface area (Å²) in [6.07, 6.45) is 0. The van der Waals surface area contributed by atoms with Crippen molar-refractivity contribution in [3.8, 4) is 11.4 Å². The zero-order valence-electron chi connectivity index (χ0n) is 15.3. The molecule has 0 bridgehead atoms. The molecule has 2 N–H and O–H groups in total. The van der Waals surface area contributed by atoms with Crippen LogP contribution in [-0.2, 0) is 11.3 Å². The van der Waals surface area contributed by atoms with Gasteiger partial charge in [-0.05, 0) is 52.0 Å². The molecular weight excluding hydrogens is 348 g/mol. The fraction of sp³-hybridized carbons (Fsp3) is 0.316. The Bertz CT molecular complexity index is 999. The van der Waals surface area contributed by atoms with Gasteiger partial charge in [0.1, 0.15) is 18.1 Å². The lowest BCUT2D eigenvalue weighted by molar-refractivity contribution is -0.122. The number of nitrogens with zero attached hydrogens (tertiary/aromatic N) is 2. The summed E-state index contributed by atoms with van der Waals surface area (Å²) in [6.45, 7) is 7.83. The number of furan rings is 1. The fourth-order valence-corrected chi connectivity index (χ4v) is 3.25. The van der Waals surface area contributed by atoms with E-state index in [2.05, 4.69) is 15.5 Å². The van der Waals surface area contributed by atoms with Crippen molar-refractivity contribution in [1.29, 1.82) is 0 Å². The van der Waals surface area contributed by atoms with Gasteiger partial charge in [0.2, 0.25) is 5.91 Å². The quantitative estimate of drug-likeness (QED) is 0.666. The van der Waals surface area contributed by atoms with E-state index in [1.807, 2.05) is 58.0 Å². The van der Waals surface area contributed by atoms with Crippen LogP contribution in [0.1, 0.15) is 35.6 Å². The molecule has 0 aliphatic carbocycles. The molecule has 0 spiro atoms. The summed E-state index contributed by atoms with van der Waals surface area (Å²) in [6, 6.07) is 9.73. The van der Waals surface area contributed by atoms with Crippen molar-refractivity contribution < 1.29 is 9.21 Å². The van der Waals surface area contributed by atoms with Crippen LogP contribution in [0.4, 0.5) is 0 Å². The number of aromatic amines is 1. The van der Waals surface area contributed by atoms with Gasteiger partial charge in [0.25, 0.3) is 0 Å². The van der Waals surface area contributed by atoms with Gasteiger partial charge in [-0.15, -0.1) is 0 Å². The highest BCUT2D eigenvalue weighted by Gasteiger charge is 2.17. The lowest BCUT2D eigenvalue weighted by Crippen LogP contribution is -2.30. The first-order valence-electron chi connectivity index (χ1n) is 8.43. The van der Waals surface area contributed by atoms with E-state index >= 15 is 0 Å². The Balaban J connectivity index is 1.79. The maximum absolute atomic E-state index is 12.6. The third-order valence-electron chi connectivity index (χ3n) is 4.26. The molecule has 1 aromatic carbocycles. The average molecular weight is 370 g/mol. The van der Waals surface area contributed by atoms with E-state index in [1.54, 1.807) is 4.57 Å². The smallest absolute Gasteiger partial charge is 0.240 e. The summed E-state index contributed by atoms with van der Waals surface area (Å²) in [4.78, 5) is 12.6. The zero-order valence-corrected chi connectivity index (χ0v) is 16.1. The first-order valence-corrected chi connectivity index (χ1v) is 8.84. The van der Waals surface area contributed by atoms with Crippen molar-refractivity contribution in [1.82, 2.24) is 20.1 Å². The Kier molecular flexibility index (Phi) is 5.08. The van der Waals surface area contributed by atoms with Crippen LogP contribution in [-0.4, -0.2) is 20.7 Å². The van der Waals surface area contributed by atoms with Crippen LogP contribution in [0.5, 0.6) is 0 Å². The molecule has 3 rings (SSSR count). The van der Waals surface area contributed by atoms with Gasteiger partial charge in [0, 0.05) is 11.1 Å². The normalized spacial score (nSPS) is 12.2. The number of carbonyl (C=O) groups excluding carboxylic acids is 1. The van der Waals surface area contributed by atoms with Gasteiger partial charge in [-0.3, -0.25) is 14.5 Å². The van der Waals surface area contributed by atoms with Crippen molar-refractivity contribution >= 4 is 18.1 Å². The van der Waals surface area contributed by atoms with Gasteiger partial charge in [-0.2, -0.15) is 5.10 Å². The first-order chi connectivity index (χ1) is 12.3. The predicted molar refractivity (Wildman–Crippen MR) is 102 cm³/mol. The number of aryl methyl sites for hydroxylation is 3. The van der Waals surface area contributed by atoms with E-state index < -0.39 is 0 Å². The Morgan fingerprint density at radius 3 is 2.77 bits per heavy atom. The summed E-state index contributed by atoms with van der Waals surface area (Å²) >= 11 is 5.31. The summed E-state index contributed by atoms with van der Waals surface area (Å²) in [5.41, 5.74) is 3.01. The molecule has 1 atom stereocenters. The summed E-state index contributed by atoms with van der Waals surface area (Å²) in [5, 5.41) is 10.1. The van der Waals surface area contributed by atoms with Crippen molar-refractivity contribution in [3.63, 3.8) is 0 Å². The van der Waals surface area contributed by atoms with Crippen LogP contribution in [0.3, 0.4) is 0 Å². The Morgan fingerprint density at radius 1 is 1.35 bits per heavy atom. The maximum atomic E-state index is 12.6. The lowest BCUT2D eigenvalue weighted by atomic mass is 10.1. The van der Waals surface area contributed by atoms with Gasteiger partial charge < -0.3 is 9.73 Å². The van der Waals surface area contributed by atoms with Crippen LogP contribution in [0, 0.1) is 25.5 Å². The molecule has 6 nitrogen and oxygen atoms in total. The molecule has 0 saturated carbocycles. The molecule has 7 heteroatoms. The van der Waals surface area contributed by atoms with Crippen LogP contribution in [0.2, 0.25) is 0 Å². The molecular formula is C19H22N4O2S. The van der Waals surface area contributed by atoms with Gasteiger partial charge >= 0.3 is 0 Å². The molecule has 1 amide bonds. The van der Waals surface area contributed by atoms with Crippen LogP contribution in [0.15, 0.2) is 34.7 Å². The molecule has 2 heterocycles. The largest absolute Gasteiger partial charge is 0.466 e. The number of benzene rings is 1. The van der Waals surface area contributed by atoms with Crippen molar-refractivity contribution in [2.24, 2.45) is 0 Å². The highest BCUT2D eigenvalue weighted by Crippen LogP contribution is 2.22. The van der Waals surface area contributed by atoms with Gasteiger partial charge in [-0.25, -0.2) is 0 Å². The van der Waals surface area contributed by atoms with Crippen LogP contribution >= 0.6 is 12.2 Å². The second-order valence-corrected chi connectivity index (χ2v) is 6.85. The molecule has 0 fully saturated rings. The second-order valence-electron chi connectivity index (χ2n) is 6.47. The number of amides is 1. The predicted octanol–water partition coefficient (Wildman–Crippen LogP) is 4.00. The number of aromatic nitrogens is 3. The molecule has 2 aromatic heterocycles. The van der Waals surface area contributed by atoms with Gasteiger partial charge in [0.05, 0.1) is 6.04 Å². The molecule has 1 unspecified atom stereocenters. The Labute approximate surface area is 157 Å². The number of H-pyrrole nitrogens is 1. The minimum absolute atomic E-state index is 0.0961. The van der Waals surface area contributed by atoms with Gasteiger partial charge in [0.15, 0.2) is 10.6 Å². The summed E-state index contributed by atoms with van der Waals surface area (Å²) in [5.74, 6) is 2.16. The third kappa shape index (κ3) is 3.77. The Morgan fingerprint density at radius 2 is 2.12 bits per heavy atom. The monoisotopic (exact) mass is 370 g/mol. The van der Waals surface area contributed by atoms with E-state index in [4.69, 9.17) is 16.6 Å².